The average Bonchev–Trinajstić information content (AvgIpc) is 2.68. The SMILES string of the molecule is O=C(Nc1ccc(OCCc2cccc(Cl)c2)cc1C(=O)O)c1ccc(Cl)cc1Cl.[H-].[Li+]. The molecule has 31 heavy (non-hydrogen) atoms. The topological polar surface area (TPSA) is 75.6 Å². The number of aromatic carboxylic acids is 1. The number of hydrogen-bond donors (Lipinski definition) is 2. The molecule has 0 saturated heterocycles. The number of ether oxygens (including phenoxy) is 1. The van der Waals surface area contributed by atoms with Crippen molar-refractivity contribution in [1.82, 2.24) is 0 Å². The Kier molecular flexibility index (Phi) is 9.30. The minimum absolute atomic E-state index is 0. The Hall–Kier alpha value is -2.13. The van der Waals surface area contributed by atoms with E-state index in [9.17, 15) is 14.7 Å². The van der Waals surface area contributed by atoms with Crippen molar-refractivity contribution in [3.8, 4) is 5.75 Å². The van der Waals surface area contributed by atoms with E-state index < -0.39 is 11.9 Å². The fraction of sp³-hybridized carbons (Fsp3) is 0.0909. The van der Waals surface area contributed by atoms with Crippen LogP contribution < -0.4 is 28.9 Å². The molecule has 0 aromatic heterocycles. The fourth-order valence-corrected chi connectivity index (χ4v) is 3.45. The molecule has 0 fully saturated rings. The van der Waals surface area contributed by atoms with Gasteiger partial charge in [-0.2, -0.15) is 0 Å². The molecule has 0 aliphatic rings. The third-order valence-corrected chi connectivity index (χ3v) is 4.98. The van der Waals surface area contributed by atoms with Gasteiger partial charge in [-0.25, -0.2) is 4.79 Å². The quantitative estimate of drug-likeness (QED) is 0.517. The molecule has 3 aromatic rings. The molecule has 2 N–H and O–H groups in total. The van der Waals surface area contributed by atoms with E-state index in [0.717, 1.165) is 5.56 Å². The van der Waals surface area contributed by atoms with Crippen molar-refractivity contribution in [1.29, 1.82) is 0 Å². The number of carbonyl (C=O) groups excluding carboxylic acids is 1. The van der Waals surface area contributed by atoms with Gasteiger partial charge < -0.3 is 16.6 Å². The summed E-state index contributed by atoms with van der Waals surface area (Å²) < 4.78 is 5.66. The largest absolute Gasteiger partial charge is 1.00 e. The van der Waals surface area contributed by atoms with Gasteiger partial charge in [-0.05, 0) is 54.1 Å². The van der Waals surface area contributed by atoms with E-state index in [0.29, 0.717) is 28.8 Å². The van der Waals surface area contributed by atoms with Gasteiger partial charge in [0.05, 0.1) is 28.4 Å². The van der Waals surface area contributed by atoms with Gasteiger partial charge in [-0.15, -0.1) is 0 Å². The number of carboxylic acid groups (broad SMARTS) is 1. The second-order valence-electron chi connectivity index (χ2n) is 6.32. The minimum Gasteiger partial charge on any atom is -1.00 e. The molecule has 0 bridgehead atoms. The van der Waals surface area contributed by atoms with Gasteiger partial charge in [0.1, 0.15) is 5.75 Å². The van der Waals surface area contributed by atoms with Crippen molar-refractivity contribution in [2.75, 3.05) is 11.9 Å². The Morgan fingerprint density at radius 1 is 0.935 bits per heavy atom. The standard InChI is InChI=1S/C22H16Cl3NO4.Li.H/c23-14-3-1-2-13(10-14)8-9-30-16-5-7-20(18(12-16)22(28)29)26-21(27)17-6-4-15(24)11-19(17)25;;/h1-7,10-12H,8-9H2,(H,26,27)(H,28,29);;/q;+1;-1. The van der Waals surface area contributed by atoms with Gasteiger partial charge in [0, 0.05) is 16.5 Å². The molecule has 1 amide bonds. The first kappa shape index (κ1) is 25.1. The molecule has 0 spiro atoms. The van der Waals surface area contributed by atoms with Crippen LogP contribution in [-0.4, -0.2) is 23.6 Å². The Balaban J connectivity index is 0.00000256. The minimum atomic E-state index is -1.20. The van der Waals surface area contributed by atoms with Crippen molar-refractivity contribution in [3.63, 3.8) is 0 Å². The van der Waals surface area contributed by atoms with Crippen LogP contribution in [0.3, 0.4) is 0 Å². The number of nitrogens with one attached hydrogen (secondary N) is 1. The van der Waals surface area contributed by atoms with Gasteiger partial charge in [0.2, 0.25) is 0 Å². The van der Waals surface area contributed by atoms with Crippen LogP contribution in [0, 0.1) is 0 Å². The molecular formula is C22H17Cl3LiNO4. The summed E-state index contributed by atoms with van der Waals surface area (Å²) in [6.45, 7) is 0.339. The smallest absolute Gasteiger partial charge is 1.00 e. The Morgan fingerprint density at radius 2 is 1.68 bits per heavy atom. The molecule has 3 aromatic carbocycles. The van der Waals surface area contributed by atoms with Gasteiger partial charge in [-0.1, -0.05) is 46.9 Å². The molecule has 3 rings (SSSR count). The van der Waals surface area contributed by atoms with Crippen LogP contribution in [-0.2, 0) is 6.42 Å². The molecule has 5 nitrogen and oxygen atoms in total. The first-order valence-electron chi connectivity index (χ1n) is 8.84. The van der Waals surface area contributed by atoms with Crippen LogP contribution in [0.15, 0.2) is 60.7 Å². The number of carbonyl (C=O) groups is 2. The summed E-state index contributed by atoms with van der Waals surface area (Å²) in [5.74, 6) is -1.38. The summed E-state index contributed by atoms with van der Waals surface area (Å²) in [5.41, 5.74) is 1.21. The zero-order valence-corrected chi connectivity index (χ0v) is 18.8. The van der Waals surface area contributed by atoms with E-state index in [1.807, 2.05) is 18.2 Å². The summed E-state index contributed by atoms with van der Waals surface area (Å²) in [6, 6.07) is 16.3. The van der Waals surface area contributed by atoms with Crippen LogP contribution in [0.5, 0.6) is 5.75 Å². The Morgan fingerprint density at radius 3 is 2.35 bits per heavy atom. The molecule has 0 aliphatic heterocycles. The number of carboxylic acids is 1. The molecule has 0 saturated carbocycles. The zero-order chi connectivity index (χ0) is 21.7. The molecular weight excluding hydrogens is 456 g/mol. The van der Waals surface area contributed by atoms with Crippen LogP contribution in [0.1, 0.15) is 27.7 Å². The van der Waals surface area contributed by atoms with Crippen molar-refractivity contribution in [2.45, 2.75) is 6.42 Å². The number of hydrogen-bond acceptors (Lipinski definition) is 3. The Labute approximate surface area is 207 Å². The second-order valence-corrected chi connectivity index (χ2v) is 7.60. The molecule has 0 atom stereocenters. The average molecular weight is 473 g/mol. The van der Waals surface area contributed by atoms with Gasteiger partial charge in [0.15, 0.2) is 0 Å². The predicted molar refractivity (Wildman–Crippen MR) is 120 cm³/mol. The number of anilines is 1. The van der Waals surface area contributed by atoms with Crippen molar-refractivity contribution < 1.29 is 39.7 Å². The first-order valence-corrected chi connectivity index (χ1v) is 9.98. The summed E-state index contributed by atoms with van der Waals surface area (Å²) >= 11 is 17.8. The van der Waals surface area contributed by atoms with Gasteiger partial charge >= 0.3 is 24.8 Å². The molecule has 0 aliphatic carbocycles. The maximum absolute atomic E-state index is 12.5. The third kappa shape index (κ3) is 6.93. The van der Waals surface area contributed by atoms with E-state index in [-0.39, 0.29) is 42.1 Å². The monoisotopic (exact) mass is 471 g/mol. The maximum atomic E-state index is 12.5. The third-order valence-electron chi connectivity index (χ3n) is 4.19. The van der Waals surface area contributed by atoms with Crippen molar-refractivity contribution in [2.24, 2.45) is 0 Å². The molecule has 9 heteroatoms. The van der Waals surface area contributed by atoms with Crippen LogP contribution in [0.2, 0.25) is 15.1 Å². The first-order chi connectivity index (χ1) is 14.3. The molecule has 156 valence electrons. The zero-order valence-electron chi connectivity index (χ0n) is 17.5. The van der Waals surface area contributed by atoms with Gasteiger partial charge in [0.25, 0.3) is 5.91 Å². The van der Waals surface area contributed by atoms with Crippen LogP contribution >= 0.6 is 34.8 Å². The normalized spacial score (nSPS) is 10.2. The maximum Gasteiger partial charge on any atom is 1.00 e. The van der Waals surface area contributed by atoms with Gasteiger partial charge in [-0.3, -0.25) is 4.79 Å². The fourth-order valence-electron chi connectivity index (χ4n) is 2.74. The van der Waals surface area contributed by atoms with E-state index >= 15 is 0 Å². The van der Waals surface area contributed by atoms with E-state index in [4.69, 9.17) is 39.5 Å². The number of benzene rings is 3. The molecule has 0 radical (unpaired) electrons. The molecule has 0 heterocycles. The predicted octanol–water partition coefficient (Wildman–Crippen LogP) is 3.34. The van der Waals surface area contributed by atoms with Crippen molar-refractivity contribution >= 4 is 52.4 Å². The number of halogens is 3. The second kappa shape index (κ2) is 11.5. The van der Waals surface area contributed by atoms with Crippen LogP contribution in [0.25, 0.3) is 0 Å². The number of amides is 1. The van der Waals surface area contributed by atoms with E-state index in [1.165, 1.54) is 30.3 Å². The Bertz CT molecular complexity index is 1110. The summed E-state index contributed by atoms with van der Waals surface area (Å²) in [6.07, 6.45) is 0.608. The summed E-state index contributed by atoms with van der Waals surface area (Å²) in [5, 5.41) is 13.3. The molecule has 0 unspecified atom stereocenters. The number of rotatable bonds is 7. The van der Waals surface area contributed by atoms with Crippen molar-refractivity contribution in [3.05, 3.63) is 92.4 Å². The van der Waals surface area contributed by atoms with E-state index in [1.54, 1.807) is 12.1 Å². The van der Waals surface area contributed by atoms with Crippen LogP contribution in [0.4, 0.5) is 5.69 Å². The summed E-state index contributed by atoms with van der Waals surface area (Å²) in [4.78, 5) is 24.2. The summed E-state index contributed by atoms with van der Waals surface area (Å²) in [7, 11) is 0. The van der Waals surface area contributed by atoms with E-state index in [2.05, 4.69) is 5.32 Å².